The van der Waals surface area contributed by atoms with Gasteiger partial charge in [-0.2, -0.15) is 0 Å². The molecule has 3 heteroatoms. The normalized spacial score (nSPS) is 31.9. The first-order valence-corrected chi connectivity index (χ1v) is 8.51. The Labute approximate surface area is 133 Å². The van der Waals surface area contributed by atoms with Gasteiger partial charge in [-0.15, -0.1) is 0 Å². The topological polar surface area (TPSA) is 23.5 Å². The molecule has 0 saturated heterocycles. The molecule has 21 heavy (non-hydrogen) atoms. The van der Waals surface area contributed by atoms with Crippen molar-refractivity contribution in [2.75, 3.05) is 20.6 Å². The summed E-state index contributed by atoms with van der Waals surface area (Å²) in [4.78, 5) is 2.22. The van der Waals surface area contributed by atoms with E-state index in [1.807, 2.05) is 6.07 Å². The smallest absolute Gasteiger partial charge is 0.0747 e. The van der Waals surface area contributed by atoms with Crippen LogP contribution in [0.3, 0.4) is 0 Å². The first-order chi connectivity index (χ1) is 9.97. The lowest BCUT2D eigenvalue weighted by atomic mass is 9.53. The largest absolute Gasteiger partial charge is 0.389 e. The summed E-state index contributed by atoms with van der Waals surface area (Å²) in [5, 5.41) is 12.2. The predicted octanol–water partition coefficient (Wildman–Crippen LogP) is 3.78. The van der Waals surface area contributed by atoms with Crippen molar-refractivity contribution in [3.8, 4) is 0 Å². The van der Waals surface area contributed by atoms with Gasteiger partial charge in [0.2, 0.25) is 0 Å². The number of benzene rings is 1. The summed E-state index contributed by atoms with van der Waals surface area (Å²) in [7, 11) is 4.22. The van der Waals surface area contributed by atoms with Gasteiger partial charge in [0.05, 0.1) is 5.60 Å². The second kappa shape index (κ2) is 5.57. The van der Waals surface area contributed by atoms with E-state index in [0.717, 1.165) is 50.1 Å². The lowest BCUT2D eigenvalue weighted by Crippen LogP contribution is -2.57. The minimum Gasteiger partial charge on any atom is -0.389 e. The highest BCUT2D eigenvalue weighted by Gasteiger charge is 2.54. The summed E-state index contributed by atoms with van der Waals surface area (Å²) in [6.45, 7) is 1.01. The highest BCUT2D eigenvalue weighted by atomic mass is 35.5. The standard InChI is InChI=1S/C18H26ClNO/c1-20(2)12-11-17-8-3-4-9-18(17,21)10-7-14-5-6-15(19)13-16(14)17/h5-6,13,21H,3-4,7-12H2,1-2H3/t17-,18+/m1/s1. The first-order valence-electron chi connectivity index (χ1n) is 8.13. The monoisotopic (exact) mass is 307 g/mol. The summed E-state index contributed by atoms with van der Waals surface area (Å²) < 4.78 is 0. The Hall–Kier alpha value is -0.570. The molecule has 2 aliphatic rings. The van der Waals surface area contributed by atoms with Crippen LogP contribution < -0.4 is 0 Å². The molecule has 0 bridgehead atoms. The van der Waals surface area contributed by atoms with Gasteiger partial charge in [0, 0.05) is 10.4 Å². The molecule has 0 aromatic heterocycles. The van der Waals surface area contributed by atoms with Gasteiger partial charge in [-0.1, -0.05) is 30.5 Å². The van der Waals surface area contributed by atoms with Gasteiger partial charge in [0.25, 0.3) is 0 Å². The lowest BCUT2D eigenvalue weighted by molar-refractivity contribution is -0.0887. The molecule has 2 atom stereocenters. The summed E-state index contributed by atoms with van der Waals surface area (Å²) in [6, 6.07) is 6.29. The summed E-state index contributed by atoms with van der Waals surface area (Å²) >= 11 is 6.29. The number of halogens is 1. The Balaban J connectivity index is 2.09. The van der Waals surface area contributed by atoms with E-state index in [1.54, 1.807) is 0 Å². The molecular weight excluding hydrogens is 282 g/mol. The molecule has 116 valence electrons. The van der Waals surface area contributed by atoms with E-state index in [2.05, 4.69) is 31.1 Å². The zero-order chi connectivity index (χ0) is 15.1. The van der Waals surface area contributed by atoms with E-state index in [9.17, 15) is 5.11 Å². The average Bonchev–Trinajstić information content (AvgIpc) is 2.45. The van der Waals surface area contributed by atoms with Crippen molar-refractivity contribution in [1.82, 2.24) is 4.90 Å². The van der Waals surface area contributed by atoms with Crippen molar-refractivity contribution >= 4 is 11.6 Å². The molecule has 1 fully saturated rings. The van der Waals surface area contributed by atoms with Gasteiger partial charge in [-0.25, -0.2) is 0 Å². The van der Waals surface area contributed by atoms with Gasteiger partial charge < -0.3 is 10.0 Å². The number of fused-ring (bicyclic) bond motifs is 3. The van der Waals surface area contributed by atoms with Crippen LogP contribution in [-0.4, -0.2) is 36.2 Å². The molecule has 2 nitrogen and oxygen atoms in total. The van der Waals surface area contributed by atoms with Crippen LogP contribution in [0.25, 0.3) is 0 Å². The number of nitrogens with zero attached hydrogens (tertiary/aromatic N) is 1. The zero-order valence-electron chi connectivity index (χ0n) is 13.2. The van der Waals surface area contributed by atoms with Crippen molar-refractivity contribution in [1.29, 1.82) is 0 Å². The van der Waals surface area contributed by atoms with Crippen LogP contribution in [0.15, 0.2) is 18.2 Å². The third-order valence-electron chi connectivity index (χ3n) is 5.72. The van der Waals surface area contributed by atoms with Gasteiger partial charge in [0.1, 0.15) is 0 Å². The van der Waals surface area contributed by atoms with Gasteiger partial charge in [-0.3, -0.25) is 0 Å². The third-order valence-corrected chi connectivity index (χ3v) is 5.95. The molecule has 0 spiro atoms. The molecule has 1 N–H and O–H groups in total. The fourth-order valence-corrected chi connectivity index (χ4v) is 4.70. The number of hydrogen-bond donors (Lipinski definition) is 1. The van der Waals surface area contributed by atoms with Crippen LogP contribution in [-0.2, 0) is 11.8 Å². The molecule has 1 aromatic carbocycles. The summed E-state index contributed by atoms with van der Waals surface area (Å²) in [5.74, 6) is 0. The first kappa shape index (κ1) is 15.3. The van der Waals surface area contributed by atoms with Crippen molar-refractivity contribution in [2.45, 2.75) is 56.0 Å². The second-order valence-corrected chi connectivity index (χ2v) is 7.61. The molecule has 0 heterocycles. The van der Waals surface area contributed by atoms with E-state index in [1.165, 1.54) is 17.5 Å². The third kappa shape index (κ3) is 2.52. The minimum absolute atomic E-state index is 0.103. The van der Waals surface area contributed by atoms with Crippen LogP contribution >= 0.6 is 11.6 Å². The highest BCUT2D eigenvalue weighted by Crippen LogP contribution is 2.55. The Morgan fingerprint density at radius 3 is 2.71 bits per heavy atom. The molecule has 0 aliphatic heterocycles. The van der Waals surface area contributed by atoms with E-state index < -0.39 is 5.60 Å². The van der Waals surface area contributed by atoms with Crippen LogP contribution in [0, 0.1) is 0 Å². The highest BCUT2D eigenvalue weighted by molar-refractivity contribution is 6.30. The van der Waals surface area contributed by atoms with E-state index in [-0.39, 0.29) is 5.41 Å². The maximum absolute atomic E-state index is 11.4. The van der Waals surface area contributed by atoms with Crippen molar-refractivity contribution in [3.05, 3.63) is 34.3 Å². The van der Waals surface area contributed by atoms with Crippen LogP contribution in [0.2, 0.25) is 5.02 Å². The molecule has 0 unspecified atom stereocenters. The molecule has 0 amide bonds. The SMILES string of the molecule is CN(C)CC[C@@]12CCCC[C@]1(O)CCc1ccc(Cl)cc12. The number of aliphatic hydroxyl groups is 1. The lowest BCUT2D eigenvalue weighted by Gasteiger charge is -2.55. The molecular formula is C18H26ClNO. The van der Waals surface area contributed by atoms with Gasteiger partial charge >= 0.3 is 0 Å². The van der Waals surface area contributed by atoms with Crippen LogP contribution in [0.5, 0.6) is 0 Å². The molecule has 3 rings (SSSR count). The summed E-state index contributed by atoms with van der Waals surface area (Å²) in [6.07, 6.45) is 7.28. The van der Waals surface area contributed by atoms with Crippen molar-refractivity contribution < 1.29 is 5.11 Å². The number of aryl methyl sites for hydroxylation is 1. The van der Waals surface area contributed by atoms with Gasteiger partial charge in [-0.05, 0) is 76.0 Å². The zero-order valence-corrected chi connectivity index (χ0v) is 13.9. The molecule has 0 radical (unpaired) electrons. The van der Waals surface area contributed by atoms with Crippen LogP contribution in [0.1, 0.15) is 49.7 Å². The maximum Gasteiger partial charge on any atom is 0.0747 e. The maximum atomic E-state index is 11.4. The Morgan fingerprint density at radius 1 is 1.19 bits per heavy atom. The average molecular weight is 308 g/mol. The van der Waals surface area contributed by atoms with Crippen LogP contribution in [0.4, 0.5) is 0 Å². The summed E-state index contributed by atoms with van der Waals surface area (Å²) in [5.41, 5.74) is 2.07. The Bertz CT molecular complexity index is 530. The van der Waals surface area contributed by atoms with E-state index in [4.69, 9.17) is 11.6 Å². The minimum atomic E-state index is -0.543. The van der Waals surface area contributed by atoms with E-state index in [0.29, 0.717) is 0 Å². The fourth-order valence-electron chi connectivity index (χ4n) is 4.53. The van der Waals surface area contributed by atoms with Crippen molar-refractivity contribution in [3.63, 3.8) is 0 Å². The fraction of sp³-hybridized carbons (Fsp3) is 0.667. The number of rotatable bonds is 3. The van der Waals surface area contributed by atoms with E-state index >= 15 is 0 Å². The van der Waals surface area contributed by atoms with Gasteiger partial charge in [0.15, 0.2) is 0 Å². The predicted molar refractivity (Wildman–Crippen MR) is 88.0 cm³/mol. The molecule has 2 aliphatic carbocycles. The quantitative estimate of drug-likeness (QED) is 0.918. The number of hydrogen-bond acceptors (Lipinski definition) is 2. The molecule has 1 saturated carbocycles. The Kier molecular flexibility index (Phi) is 4.06. The van der Waals surface area contributed by atoms with Crippen molar-refractivity contribution in [2.24, 2.45) is 0 Å². The second-order valence-electron chi connectivity index (χ2n) is 7.18. The Morgan fingerprint density at radius 2 is 1.95 bits per heavy atom. The molecule has 1 aromatic rings.